The van der Waals surface area contributed by atoms with Gasteiger partial charge in [-0.25, -0.2) is 0 Å². The molecule has 1 saturated carbocycles. The standard InChI is InChI=1S/C16H22O4/c1-12-7-3-4-8-13(12)14(11-15(17)19-2)20-16(18)9-5-6-10-16/h3-4,7-8,14,18H,5-6,9-11H2,1-2H3/t14-/m1/s1. The highest BCUT2D eigenvalue weighted by Gasteiger charge is 2.36. The maximum atomic E-state index is 11.6. The van der Waals surface area contributed by atoms with Crippen LogP contribution in [0.2, 0.25) is 0 Å². The monoisotopic (exact) mass is 278 g/mol. The molecule has 2 rings (SSSR count). The predicted molar refractivity (Wildman–Crippen MR) is 75.1 cm³/mol. The maximum absolute atomic E-state index is 11.6. The zero-order valence-electron chi connectivity index (χ0n) is 12.1. The van der Waals surface area contributed by atoms with Crippen LogP contribution in [0.1, 0.15) is 49.3 Å². The van der Waals surface area contributed by atoms with E-state index in [-0.39, 0.29) is 12.4 Å². The van der Waals surface area contributed by atoms with Crippen molar-refractivity contribution in [1.29, 1.82) is 0 Å². The van der Waals surface area contributed by atoms with Crippen LogP contribution in [0.4, 0.5) is 0 Å². The molecule has 0 unspecified atom stereocenters. The lowest BCUT2D eigenvalue weighted by molar-refractivity contribution is -0.229. The average Bonchev–Trinajstić information content (AvgIpc) is 2.85. The van der Waals surface area contributed by atoms with Gasteiger partial charge >= 0.3 is 5.97 Å². The Kier molecular flexibility index (Phi) is 4.78. The van der Waals surface area contributed by atoms with Gasteiger partial charge in [0.15, 0.2) is 5.79 Å². The molecule has 0 saturated heterocycles. The molecule has 20 heavy (non-hydrogen) atoms. The molecule has 1 fully saturated rings. The summed E-state index contributed by atoms with van der Waals surface area (Å²) in [6.07, 6.45) is 2.80. The van der Waals surface area contributed by atoms with Crippen LogP contribution in [-0.2, 0) is 14.3 Å². The van der Waals surface area contributed by atoms with E-state index in [9.17, 15) is 9.90 Å². The van der Waals surface area contributed by atoms with E-state index in [0.29, 0.717) is 12.8 Å². The molecule has 4 heteroatoms. The second-order valence-corrected chi connectivity index (χ2v) is 5.40. The lowest BCUT2D eigenvalue weighted by atomic mass is 10.0. The third-order valence-electron chi connectivity index (χ3n) is 3.86. The summed E-state index contributed by atoms with van der Waals surface area (Å²) in [7, 11) is 1.36. The number of hydrogen-bond donors (Lipinski definition) is 1. The Labute approximate surface area is 119 Å². The number of esters is 1. The van der Waals surface area contributed by atoms with E-state index in [1.807, 2.05) is 31.2 Å². The van der Waals surface area contributed by atoms with Gasteiger partial charge in [-0.2, -0.15) is 0 Å². The van der Waals surface area contributed by atoms with Gasteiger partial charge in [0.25, 0.3) is 0 Å². The molecule has 1 aliphatic rings. The molecule has 0 heterocycles. The van der Waals surface area contributed by atoms with Crippen LogP contribution >= 0.6 is 0 Å². The number of hydrogen-bond acceptors (Lipinski definition) is 4. The van der Waals surface area contributed by atoms with E-state index in [0.717, 1.165) is 24.0 Å². The van der Waals surface area contributed by atoms with Gasteiger partial charge in [0.2, 0.25) is 0 Å². The number of methoxy groups -OCH3 is 1. The first-order chi connectivity index (χ1) is 9.54. The largest absolute Gasteiger partial charge is 0.469 e. The summed E-state index contributed by atoms with van der Waals surface area (Å²) in [6.45, 7) is 1.97. The summed E-state index contributed by atoms with van der Waals surface area (Å²) in [4.78, 5) is 11.6. The van der Waals surface area contributed by atoms with E-state index in [1.165, 1.54) is 7.11 Å². The van der Waals surface area contributed by atoms with Crippen LogP contribution in [0, 0.1) is 6.92 Å². The normalized spacial score (nSPS) is 18.8. The van der Waals surface area contributed by atoms with Crippen LogP contribution in [0.25, 0.3) is 0 Å². The SMILES string of the molecule is COC(=O)C[C@@H](OC1(O)CCCC1)c1ccccc1C. The third-order valence-corrected chi connectivity index (χ3v) is 3.86. The molecule has 4 nitrogen and oxygen atoms in total. The van der Waals surface area contributed by atoms with Crippen molar-refractivity contribution < 1.29 is 19.4 Å². The molecule has 0 bridgehead atoms. The Morgan fingerprint density at radius 2 is 2.00 bits per heavy atom. The molecule has 0 radical (unpaired) electrons. The Bertz CT molecular complexity index is 463. The van der Waals surface area contributed by atoms with Crippen molar-refractivity contribution in [3.8, 4) is 0 Å². The zero-order valence-corrected chi connectivity index (χ0v) is 12.1. The fraction of sp³-hybridized carbons (Fsp3) is 0.562. The first kappa shape index (κ1) is 15.0. The minimum absolute atomic E-state index is 0.115. The van der Waals surface area contributed by atoms with Crippen molar-refractivity contribution in [3.63, 3.8) is 0 Å². The summed E-state index contributed by atoms with van der Waals surface area (Å²) in [6, 6.07) is 7.76. The van der Waals surface area contributed by atoms with Gasteiger partial charge in [-0.3, -0.25) is 4.79 Å². The average molecular weight is 278 g/mol. The van der Waals surface area contributed by atoms with Crippen LogP contribution in [-0.4, -0.2) is 24.0 Å². The highest BCUT2D eigenvalue weighted by molar-refractivity contribution is 5.70. The second kappa shape index (κ2) is 6.37. The topological polar surface area (TPSA) is 55.8 Å². The van der Waals surface area contributed by atoms with Crippen molar-refractivity contribution in [3.05, 3.63) is 35.4 Å². The molecule has 110 valence electrons. The molecule has 1 atom stereocenters. The predicted octanol–water partition coefficient (Wildman–Crippen LogP) is 2.88. The minimum Gasteiger partial charge on any atom is -0.469 e. The third kappa shape index (κ3) is 3.58. The summed E-state index contributed by atoms with van der Waals surface area (Å²) >= 11 is 0. The Morgan fingerprint density at radius 3 is 2.60 bits per heavy atom. The summed E-state index contributed by atoms with van der Waals surface area (Å²) in [5.41, 5.74) is 1.97. The lowest BCUT2D eigenvalue weighted by Gasteiger charge is -2.29. The first-order valence-electron chi connectivity index (χ1n) is 7.06. The van der Waals surface area contributed by atoms with E-state index < -0.39 is 11.9 Å². The van der Waals surface area contributed by atoms with Crippen LogP contribution < -0.4 is 0 Å². The summed E-state index contributed by atoms with van der Waals surface area (Å²) in [5.74, 6) is -1.44. The number of aliphatic hydroxyl groups is 1. The van der Waals surface area contributed by atoms with E-state index >= 15 is 0 Å². The molecule has 1 aliphatic carbocycles. The highest BCUT2D eigenvalue weighted by Crippen LogP contribution is 2.37. The van der Waals surface area contributed by atoms with Gasteiger partial charge in [-0.15, -0.1) is 0 Å². The number of benzene rings is 1. The van der Waals surface area contributed by atoms with E-state index in [2.05, 4.69) is 0 Å². The van der Waals surface area contributed by atoms with Gasteiger partial charge in [0.1, 0.15) is 0 Å². The van der Waals surface area contributed by atoms with Crippen molar-refractivity contribution in [2.75, 3.05) is 7.11 Å². The second-order valence-electron chi connectivity index (χ2n) is 5.40. The minimum atomic E-state index is -1.11. The molecule has 0 amide bonds. The zero-order chi connectivity index (χ0) is 14.6. The number of ether oxygens (including phenoxy) is 2. The van der Waals surface area contributed by atoms with E-state index in [4.69, 9.17) is 9.47 Å². The van der Waals surface area contributed by atoms with E-state index in [1.54, 1.807) is 0 Å². The van der Waals surface area contributed by atoms with Gasteiger partial charge < -0.3 is 14.6 Å². The van der Waals surface area contributed by atoms with Gasteiger partial charge in [-0.05, 0) is 30.9 Å². The van der Waals surface area contributed by atoms with Crippen LogP contribution in [0.15, 0.2) is 24.3 Å². The fourth-order valence-electron chi connectivity index (χ4n) is 2.71. The van der Waals surface area contributed by atoms with Crippen LogP contribution in [0.3, 0.4) is 0 Å². The van der Waals surface area contributed by atoms with Crippen LogP contribution in [0.5, 0.6) is 0 Å². The Morgan fingerprint density at radius 1 is 1.35 bits per heavy atom. The summed E-state index contributed by atoms with van der Waals surface area (Å²) < 4.78 is 10.6. The molecule has 1 aromatic carbocycles. The summed E-state index contributed by atoms with van der Waals surface area (Å²) in [5, 5.41) is 10.4. The van der Waals surface area contributed by atoms with Crippen molar-refractivity contribution in [1.82, 2.24) is 0 Å². The molecule has 1 N–H and O–H groups in total. The van der Waals surface area contributed by atoms with Gasteiger partial charge in [0, 0.05) is 12.8 Å². The molecular weight excluding hydrogens is 256 g/mol. The lowest BCUT2D eigenvalue weighted by Crippen LogP contribution is -2.31. The Balaban J connectivity index is 2.20. The molecule has 0 aliphatic heterocycles. The fourth-order valence-corrected chi connectivity index (χ4v) is 2.71. The Hall–Kier alpha value is -1.39. The van der Waals surface area contributed by atoms with Gasteiger partial charge in [0.05, 0.1) is 19.6 Å². The van der Waals surface area contributed by atoms with Gasteiger partial charge in [-0.1, -0.05) is 24.3 Å². The number of rotatable bonds is 5. The first-order valence-corrected chi connectivity index (χ1v) is 7.06. The smallest absolute Gasteiger partial charge is 0.308 e. The number of carbonyl (C=O) groups excluding carboxylic acids is 1. The van der Waals surface area contributed by atoms with Crippen molar-refractivity contribution >= 4 is 5.97 Å². The maximum Gasteiger partial charge on any atom is 0.308 e. The van der Waals surface area contributed by atoms with Crippen molar-refractivity contribution in [2.45, 2.75) is 50.9 Å². The molecule has 0 aromatic heterocycles. The quantitative estimate of drug-likeness (QED) is 0.664. The molecular formula is C16H22O4. The number of carbonyl (C=O) groups is 1. The molecule has 1 aromatic rings. The molecule has 0 spiro atoms. The number of aryl methyl sites for hydroxylation is 1. The highest BCUT2D eigenvalue weighted by atomic mass is 16.6. The van der Waals surface area contributed by atoms with Crippen molar-refractivity contribution in [2.24, 2.45) is 0 Å².